The van der Waals surface area contributed by atoms with Crippen molar-refractivity contribution >= 4 is 0 Å². The Hall–Kier alpha value is -1.80. The van der Waals surface area contributed by atoms with E-state index in [1.165, 1.54) is 5.56 Å². The fourth-order valence-corrected chi connectivity index (χ4v) is 3.65. The van der Waals surface area contributed by atoms with Crippen molar-refractivity contribution < 1.29 is 30.3 Å². The number of aliphatic hydroxyl groups excluding tert-OH is 5. The Balaban J connectivity index is 1.89. The molecule has 28 heavy (non-hydrogen) atoms. The molecule has 1 heterocycles. The molecular formula is C22H28O6. The van der Waals surface area contributed by atoms with E-state index in [4.69, 9.17) is 4.74 Å². The summed E-state index contributed by atoms with van der Waals surface area (Å²) in [7, 11) is 0. The van der Waals surface area contributed by atoms with Crippen LogP contribution in [0.2, 0.25) is 0 Å². The van der Waals surface area contributed by atoms with Gasteiger partial charge in [0.05, 0.1) is 13.2 Å². The normalized spacial score (nSPS) is 27.7. The molecule has 2 aromatic carbocycles. The van der Waals surface area contributed by atoms with Gasteiger partial charge in [-0.25, -0.2) is 0 Å². The Morgan fingerprint density at radius 3 is 2.07 bits per heavy atom. The van der Waals surface area contributed by atoms with Crippen LogP contribution in [-0.4, -0.2) is 56.6 Å². The Bertz CT molecular complexity index is 773. The molecule has 6 heteroatoms. The summed E-state index contributed by atoms with van der Waals surface area (Å²) in [5.74, 6) is 0. The van der Waals surface area contributed by atoms with Crippen molar-refractivity contribution in [1.29, 1.82) is 0 Å². The largest absolute Gasteiger partial charge is 0.394 e. The summed E-state index contributed by atoms with van der Waals surface area (Å²) in [6, 6.07) is 13.9. The van der Waals surface area contributed by atoms with Crippen molar-refractivity contribution in [3.63, 3.8) is 0 Å². The molecule has 0 spiro atoms. The first kappa shape index (κ1) is 20.9. The quantitative estimate of drug-likeness (QED) is 0.502. The van der Waals surface area contributed by atoms with Crippen molar-refractivity contribution in [2.24, 2.45) is 0 Å². The minimum Gasteiger partial charge on any atom is -0.394 e. The molecule has 0 radical (unpaired) electrons. The fraction of sp³-hybridized carbons (Fsp3) is 0.455. The average Bonchev–Trinajstić information content (AvgIpc) is 2.73. The third kappa shape index (κ3) is 4.27. The maximum atomic E-state index is 10.4. The third-order valence-corrected chi connectivity index (χ3v) is 5.42. The maximum Gasteiger partial charge on any atom is 0.113 e. The Labute approximate surface area is 164 Å². The van der Waals surface area contributed by atoms with Gasteiger partial charge in [-0.1, -0.05) is 49.4 Å². The van der Waals surface area contributed by atoms with Crippen LogP contribution >= 0.6 is 0 Å². The second-order valence-electron chi connectivity index (χ2n) is 7.29. The molecule has 3 rings (SSSR count). The molecule has 152 valence electrons. The van der Waals surface area contributed by atoms with Crippen LogP contribution in [0.1, 0.15) is 40.8 Å². The van der Waals surface area contributed by atoms with Gasteiger partial charge in [0.15, 0.2) is 0 Å². The smallest absolute Gasteiger partial charge is 0.113 e. The number of hydrogen-bond donors (Lipinski definition) is 5. The van der Waals surface area contributed by atoms with Crippen molar-refractivity contribution in [3.8, 4) is 0 Å². The van der Waals surface area contributed by atoms with Crippen LogP contribution in [0.25, 0.3) is 0 Å². The summed E-state index contributed by atoms with van der Waals surface area (Å²) in [5, 5.41) is 49.7. The van der Waals surface area contributed by atoms with E-state index in [2.05, 4.69) is 31.2 Å². The lowest BCUT2D eigenvalue weighted by atomic mass is 9.88. The zero-order chi connectivity index (χ0) is 20.3. The van der Waals surface area contributed by atoms with E-state index in [9.17, 15) is 25.5 Å². The molecule has 0 aliphatic carbocycles. The van der Waals surface area contributed by atoms with E-state index in [-0.39, 0.29) is 6.61 Å². The van der Waals surface area contributed by atoms with Crippen LogP contribution in [0.4, 0.5) is 0 Å². The monoisotopic (exact) mass is 388 g/mol. The van der Waals surface area contributed by atoms with E-state index in [1.54, 1.807) is 6.07 Å². The van der Waals surface area contributed by atoms with Gasteiger partial charge < -0.3 is 30.3 Å². The molecule has 0 bridgehead atoms. The van der Waals surface area contributed by atoms with Gasteiger partial charge in [0, 0.05) is 0 Å². The topological polar surface area (TPSA) is 110 Å². The fourth-order valence-electron chi connectivity index (χ4n) is 3.65. The number of aliphatic hydroxyl groups is 5. The zero-order valence-corrected chi connectivity index (χ0v) is 15.9. The number of ether oxygens (including phenoxy) is 1. The summed E-state index contributed by atoms with van der Waals surface area (Å²) in [5.41, 5.74) is 4.47. The van der Waals surface area contributed by atoms with Crippen LogP contribution in [0, 0.1) is 0 Å². The van der Waals surface area contributed by atoms with Gasteiger partial charge in [0.1, 0.15) is 30.5 Å². The van der Waals surface area contributed by atoms with Crippen molar-refractivity contribution in [3.05, 3.63) is 70.3 Å². The summed E-state index contributed by atoms with van der Waals surface area (Å²) in [4.78, 5) is 0. The maximum absolute atomic E-state index is 10.4. The lowest BCUT2D eigenvalue weighted by molar-refractivity contribution is -0.232. The molecule has 1 saturated heterocycles. The van der Waals surface area contributed by atoms with Crippen molar-refractivity contribution in [1.82, 2.24) is 0 Å². The van der Waals surface area contributed by atoms with Crippen molar-refractivity contribution in [2.45, 2.75) is 56.9 Å². The summed E-state index contributed by atoms with van der Waals surface area (Å²) >= 11 is 0. The lowest BCUT2D eigenvalue weighted by Gasteiger charge is -2.40. The van der Waals surface area contributed by atoms with Gasteiger partial charge in [0.25, 0.3) is 0 Å². The van der Waals surface area contributed by atoms with Gasteiger partial charge >= 0.3 is 0 Å². The molecule has 5 N–H and O–H groups in total. The molecule has 5 atom stereocenters. The predicted octanol–water partition coefficient (Wildman–Crippen LogP) is 0.847. The van der Waals surface area contributed by atoms with Crippen LogP contribution in [-0.2, 0) is 24.2 Å². The van der Waals surface area contributed by atoms with E-state index in [1.807, 2.05) is 12.1 Å². The van der Waals surface area contributed by atoms with Crippen LogP contribution < -0.4 is 0 Å². The van der Waals surface area contributed by atoms with Gasteiger partial charge in [-0.05, 0) is 40.7 Å². The van der Waals surface area contributed by atoms with Crippen LogP contribution in [0.15, 0.2) is 42.5 Å². The molecule has 0 amide bonds. The average molecular weight is 388 g/mol. The molecule has 1 fully saturated rings. The van der Waals surface area contributed by atoms with E-state index >= 15 is 0 Å². The molecule has 6 nitrogen and oxygen atoms in total. The minimum absolute atomic E-state index is 0.254. The highest BCUT2D eigenvalue weighted by Gasteiger charge is 2.44. The standard InChI is InChI=1S/C22H28O6/c1-2-13-3-5-14(6-4-13)9-15-7-8-16(11-23)17(10-15)22-21(27)20(26)19(25)18(12-24)28-22/h3-8,10,18-27H,2,9,11-12H2,1H3/t18-,19-,20+,21-,22+/m1/s1. The highest BCUT2D eigenvalue weighted by molar-refractivity contribution is 5.37. The molecule has 0 saturated carbocycles. The Morgan fingerprint density at radius 1 is 0.821 bits per heavy atom. The highest BCUT2D eigenvalue weighted by atomic mass is 16.5. The van der Waals surface area contributed by atoms with Crippen LogP contribution in [0.3, 0.4) is 0 Å². The first-order valence-corrected chi connectivity index (χ1v) is 9.59. The SMILES string of the molecule is CCc1ccc(Cc2ccc(CO)c([C@@H]3O[C@H](CO)[C@@H](O)[C@H](O)[C@H]3O)c2)cc1. The number of benzene rings is 2. The molecule has 0 unspecified atom stereocenters. The summed E-state index contributed by atoms with van der Waals surface area (Å²) in [6.45, 7) is 1.37. The molecular weight excluding hydrogens is 360 g/mol. The van der Waals surface area contributed by atoms with E-state index in [0.717, 1.165) is 17.5 Å². The Morgan fingerprint density at radius 2 is 1.46 bits per heavy atom. The number of rotatable bonds is 6. The molecule has 0 aromatic heterocycles. The summed E-state index contributed by atoms with van der Waals surface area (Å²) < 4.78 is 5.67. The van der Waals surface area contributed by atoms with Crippen LogP contribution in [0.5, 0.6) is 0 Å². The molecule has 1 aliphatic heterocycles. The Kier molecular flexibility index (Phi) is 6.82. The first-order valence-electron chi connectivity index (χ1n) is 9.59. The second kappa shape index (κ2) is 9.13. The second-order valence-corrected chi connectivity index (χ2v) is 7.29. The lowest BCUT2D eigenvalue weighted by Crippen LogP contribution is -2.55. The van der Waals surface area contributed by atoms with E-state index in [0.29, 0.717) is 17.5 Å². The third-order valence-electron chi connectivity index (χ3n) is 5.42. The number of hydrogen-bond acceptors (Lipinski definition) is 6. The summed E-state index contributed by atoms with van der Waals surface area (Å²) in [6.07, 6.45) is -4.53. The number of aryl methyl sites for hydroxylation is 1. The first-order chi connectivity index (χ1) is 13.5. The predicted molar refractivity (Wildman–Crippen MR) is 104 cm³/mol. The van der Waals surface area contributed by atoms with E-state index < -0.39 is 37.1 Å². The van der Waals surface area contributed by atoms with Gasteiger partial charge in [-0.15, -0.1) is 0 Å². The van der Waals surface area contributed by atoms with Gasteiger partial charge in [-0.2, -0.15) is 0 Å². The molecule has 2 aromatic rings. The van der Waals surface area contributed by atoms with Crippen molar-refractivity contribution in [2.75, 3.05) is 6.61 Å². The minimum atomic E-state index is -1.45. The van der Waals surface area contributed by atoms with Gasteiger partial charge in [0.2, 0.25) is 0 Å². The molecule has 1 aliphatic rings. The highest BCUT2D eigenvalue weighted by Crippen LogP contribution is 2.35. The zero-order valence-electron chi connectivity index (χ0n) is 15.9. The van der Waals surface area contributed by atoms with Gasteiger partial charge in [-0.3, -0.25) is 0 Å².